The second kappa shape index (κ2) is 8.98. The number of nitrogens with zero attached hydrogens (tertiary/aromatic N) is 1. The van der Waals surface area contributed by atoms with Gasteiger partial charge in [0.15, 0.2) is 0 Å². The van der Waals surface area contributed by atoms with Gasteiger partial charge in [0.25, 0.3) is 0 Å². The molecule has 0 unspecified atom stereocenters. The zero-order chi connectivity index (χ0) is 15.0. The molecule has 0 saturated heterocycles. The van der Waals surface area contributed by atoms with Crippen LogP contribution in [0.2, 0.25) is 5.02 Å². The number of benzene rings is 1. The van der Waals surface area contributed by atoms with Crippen LogP contribution < -0.4 is 5.32 Å². The molecule has 20 heavy (non-hydrogen) atoms. The van der Waals surface area contributed by atoms with E-state index in [4.69, 9.17) is 11.6 Å². The molecule has 4 heteroatoms. The first-order valence-electron chi connectivity index (χ1n) is 7.35. The molecule has 1 N–H and O–H groups in total. The molecule has 3 nitrogen and oxygen atoms in total. The predicted molar refractivity (Wildman–Crippen MR) is 86.5 cm³/mol. The van der Waals surface area contributed by atoms with E-state index in [1.54, 1.807) is 0 Å². The van der Waals surface area contributed by atoms with E-state index in [9.17, 15) is 4.79 Å². The highest BCUT2D eigenvalue weighted by atomic mass is 35.5. The van der Waals surface area contributed by atoms with E-state index in [1.807, 2.05) is 18.2 Å². The van der Waals surface area contributed by atoms with Crippen molar-refractivity contribution in [1.29, 1.82) is 0 Å². The molecule has 1 aromatic rings. The molecule has 0 bridgehead atoms. The highest BCUT2D eigenvalue weighted by Crippen LogP contribution is 2.23. The van der Waals surface area contributed by atoms with Crippen molar-refractivity contribution in [2.75, 3.05) is 25.0 Å². The molecular formula is C16H25ClN2O. The summed E-state index contributed by atoms with van der Waals surface area (Å²) in [6.07, 6.45) is 3.35. The number of halogens is 1. The summed E-state index contributed by atoms with van der Waals surface area (Å²) in [5.74, 6) is -0.100. The van der Waals surface area contributed by atoms with Crippen molar-refractivity contribution in [2.24, 2.45) is 0 Å². The van der Waals surface area contributed by atoms with Crippen molar-refractivity contribution in [3.63, 3.8) is 0 Å². The van der Waals surface area contributed by atoms with E-state index < -0.39 is 0 Å². The van der Waals surface area contributed by atoms with E-state index in [0.717, 1.165) is 26.1 Å². The SMILES string of the molecule is CCCN(CCC)CCc1ccc(NC(C)=O)c(Cl)c1. The van der Waals surface area contributed by atoms with E-state index >= 15 is 0 Å². The molecule has 112 valence electrons. The van der Waals surface area contributed by atoms with Gasteiger partial charge in [-0.25, -0.2) is 0 Å². The van der Waals surface area contributed by atoms with Crippen LogP contribution in [0, 0.1) is 0 Å². The minimum Gasteiger partial charge on any atom is -0.325 e. The lowest BCUT2D eigenvalue weighted by Crippen LogP contribution is -2.27. The number of amides is 1. The third-order valence-electron chi connectivity index (χ3n) is 3.14. The number of hydrogen-bond donors (Lipinski definition) is 1. The molecule has 1 aromatic carbocycles. The third kappa shape index (κ3) is 5.93. The fourth-order valence-corrected chi connectivity index (χ4v) is 2.51. The van der Waals surface area contributed by atoms with Crippen LogP contribution >= 0.6 is 11.6 Å². The summed E-state index contributed by atoms with van der Waals surface area (Å²) in [4.78, 5) is 13.5. The normalized spacial score (nSPS) is 10.8. The summed E-state index contributed by atoms with van der Waals surface area (Å²) in [7, 11) is 0. The van der Waals surface area contributed by atoms with Crippen molar-refractivity contribution >= 4 is 23.2 Å². The van der Waals surface area contributed by atoms with Crippen molar-refractivity contribution in [1.82, 2.24) is 4.90 Å². The minimum atomic E-state index is -0.100. The van der Waals surface area contributed by atoms with Crippen LogP contribution in [-0.2, 0) is 11.2 Å². The van der Waals surface area contributed by atoms with Crippen LogP contribution in [0.4, 0.5) is 5.69 Å². The highest BCUT2D eigenvalue weighted by molar-refractivity contribution is 6.33. The fourth-order valence-electron chi connectivity index (χ4n) is 2.26. The maximum atomic E-state index is 11.0. The van der Waals surface area contributed by atoms with Crippen LogP contribution in [0.25, 0.3) is 0 Å². The summed E-state index contributed by atoms with van der Waals surface area (Å²) < 4.78 is 0. The molecule has 1 amide bonds. The van der Waals surface area contributed by atoms with Gasteiger partial charge in [0.05, 0.1) is 10.7 Å². The Balaban J connectivity index is 2.59. The first-order chi connectivity index (χ1) is 9.56. The number of hydrogen-bond acceptors (Lipinski definition) is 2. The molecule has 0 heterocycles. The summed E-state index contributed by atoms with van der Waals surface area (Å²) >= 11 is 6.18. The Labute approximate surface area is 127 Å². The molecule has 0 aliphatic carbocycles. The number of carbonyl (C=O) groups is 1. The monoisotopic (exact) mass is 296 g/mol. The number of nitrogens with one attached hydrogen (secondary N) is 1. The molecular weight excluding hydrogens is 272 g/mol. The average Bonchev–Trinajstić information content (AvgIpc) is 2.39. The highest BCUT2D eigenvalue weighted by Gasteiger charge is 2.06. The lowest BCUT2D eigenvalue weighted by Gasteiger charge is -2.21. The predicted octanol–water partition coefficient (Wildman–Crippen LogP) is 3.96. The summed E-state index contributed by atoms with van der Waals surface area (Å²) in [5, 5.41) is 3.33. The van der Waals surface area contributed by atoms with Crippen molar-refractivity contribution in [3.8, 4) is 0 Å². The quantitative estimate of drug-likeness (QED) is 0.787. The Hall–Kier alpha value is -1.06. The first-order valence-corrected chi connectivity index (χ1v) is 7.73. The largest absolute Gasteiger partial charge is 0.325 e. The lowest BCUT2D eigenvalue weighted by atomic mass is 10.1. The van der Waals surface area contributed by atoms with Gasteiger partial charge in [-0.3, -0.25) is 4.79 Å². The smallest absolute Gasteiger partial charge is 0.221 e. The zero-order valence-corrected chi connectivity index (χ0v) is 13.5. The maximum absolute atomic E-state index is 11.0. The first kappa shape index (κ1) is 17.0. The van der Waals surface area contributed by atoms with Crippen LogP contribution in [-0.4, -0.2) is 30.4 Å². The van der Waals surface area contributed by atoms with Gasteiger partial charge in [-0.1, -0.05) is 31.5 Å². The fraction of sp³-hybridized carbons (Fsp3) is 0.562. The topological polar surface area (TPSA) is 32.3 Å². The summed E-state index contributed by atoms with van der Waals surface area (Å²) in [6.45, 7) is 9.25. The summed E-state index contributed by atoms with van der Waals surface area (Å²) in [6, 6.07) is 5.86. The summed E-state index contributed by atoms with van der Waals surface area (Å²) in [5.41, 5.74) is 1.89. The van der Waals surface area contributed by atoms with Crippen LogP contribution in [0.1, 0.15) is 39.2 Å². The molecule has 0 aliphatic heterocycles. The van der Waals surface area contributed by atoms with Gasteiger partial charge in [0.1, 0.15) is 0 Å². The third-order valence-corrected chi connectivity index (χ3v) is 3.45. The number of anilines is 1. The second-order valence-corrected chi connectivity index (χ2v) is 5.49. The van der Waals surface area contributed by atoms with Crippen LogP contribution in [0.15, 0.2) is 18.2 Å². The molecule has 0 atom stereocenters. The Kier molecular flexibility index (Phi) is 7.63. The molecule has 0 aliphatic rings. The van der Waals surface area contributed by atoms with Crippen molar-refractivity contribution in [2.45, 2.75) is 40.0 Å². The average molecular weight is 297 g/mol. The van der Waals surface area contributed by atoms with Crippen LogP contribution in [0.3, 0.4) is 0 Å². The van der Waals surface area contributed by atoms with E-state index in [1.165, 1.54) is 25.3 Å². The van der Waals surface area contributed by atoms with E-state index in [-0.39, 0.29) is 5.91 Å². The standard InChI is InChI=1S/C16H25ClN2O/c1-4-9-19(10-5-2)11-8-14-6-7-16(15(17)12-14)18-13(3)20/h6-7,12H,4-5,8-11H2,1-3H3,(H,18,20). The second-order valence-electron chi connectivity index (χ2n) is 5.09. The van der Waals surface area contributed by atoms with E-state index in [0.29, 0.717) is 10.7 Å². The molecule has 1 rings (SSSR count). The van der Waals surface area contributed by atoms with Gasteiger partial charge >= 0.3 is 0 Å². The minimum absolute atomic E-state index is 0.100. The number of carbonyl (C=O) groups excluding carboxylic acids is 1. The van der Waals surface area contributed by atoms with E-state index in [2.05, 4.69) is 24.1 Å². The van der Waals surface area contributed by atoms with Gasteiger partial charge in [-0.2, -0.15) is 0 Å². The van der Waals surface area contributed by atoms with Gasteiger partial charge in [0.2, 0.25) is 5.91 Å². The van der Waals surface area contributed by atoms with Gasteiger partial charge < -0.3 is 10.2 Å². The number of rotatable bonds is 8. The van der Waals surface area contributed by atoms with Crippen molar-refractivity contribution in [3.05, 3.63) is 28.8 Å². The van der Waals surface area contributed by atoms with Crippen molar-refractivity contribution < 1.29 is 4.79 Å². The maximum Gasteiger partial charge on any atom is 0.221 e. The Morgan fingerprint density at radius 2 is 1.85 bits per heavy atom. The van der Waals surface area contributed by atoms with Crippen LogP contribution in [0.5, 0.6) is 0 Å². The molecule has 0 saturated carbocycles. The Bertz CT molecular complexity index is 428. The molecule has 0 aromatic heterocycles. The molecule has 0 fully saturated rings. The molecule has 0 spiro atoms. The van der Waals surface area contributed by atoms with Gasteiger partial charge in [0, 0.05) is 13.5 Å². The molecule has 0 radical (unpaired) electrons. The lowest BCUT2D eigenvalue weighted by molar-refractivity contribution is -0.114. The van der Waals surface area contributed by atoms with Gasteiger partial charge in [-0.05, 0) is 50.0 Å². The zero-order valence-electron chi connectivity index (χ0n) is 12.7. The Morgan fingerprint density at radius 3 is 2.35 bits per heavy atom. The Morgan fingerprint density at radius 1 is 1.20 bits per heavy atom. The van der Waals surface area contributed by atoms with Gasteiger partial charge in [-0.15, -0.1) is 0 Å².